The van der Waals surface area contributed by atoms with Gasteiger partial charge in [-0.15, -0.1) is 0 Å². The van der Waals surface area contributed by atoms with Crippen LogP contribution >= 0.6 is 23.2 Å². The number of methoxy groups -OCH3 is 2. The number of likely N-dealkylation sites (tertiary alicyclic amines) is 1. The minimum absolute atomic E-state index is 0.188. The number of nitrogens with zero attached hydrogens (tertiary/aromatic N) is 1. The summed E-state index contributed by atoms with van der Waals surface area (Å²) in [6, 6.07) is 9.44. The molecule has 3 rings (SSSR count). The van der Waals surface area contributed by atoms with E-state index in [9.17, 15) is 14.4 Å². The highest BCUT2D eigenvalue weighted by Crippen LogP contribution is 2.28. The zero-order chi connectivity index (χ0) is 22.5. The van der Waals surface area contributed by atoms with Crippen molar-refractivity contribution < 1.29 is 23.9 Å². The Hall–Kier alpha value is -2.77. The molecule has 0 aromatic heterocycles. The summed E-state index contributed by atoms with van der Waals surface area (Å²) in [7, 11) is 2.78. The third-order valence-corrected chi connectivity index (χ3v) is 5.75. The van der Waals surface area contributed by atoms with Gasteiger partial charge in [-0.1, -0.05) is 23.2 Å². The SMILES string of the molecule is COC(=O)c1ccc(Cl)c(NC(=O)C2CCN(C(=O)c3cc(Cl)ccc3OC)CC2)c1. The van der Waals surface area contributed by atoms with E-state index in [1.54, 1.807) is 23.1 Å². The molecule has 2 amide bonds. The summed E-state index contributed by atoms with van der Waals surface area (Å²) in [5.41, 5.74) is 1.03. The first kappa shape index (κ1) is 22.9. The summed E-state index contributed by atoms with van der Waals surface area (Å²) in [5, 5.41) is 3.55. The second kappa shape index (κ2) is 10.0. The Balaban J connectivity index is 1.64. The average molecular weight is 465 g/mol. The molecular formula is C22H22Cl2N2O5. The fraction of sp³-hybridized carbons (Fsp3) is 0.318. The first-order chi connectivity index (χ1) is 14.8. The zero-order valence-corrected chi connectivity index (χ0v) is 18.6. The van der Waals surface area contributed by atoms with Crippen LogP contribution in [0.25, 0.3) is 0 Å². The van der Waals surface area contributed by atoms with E-state index in [0.29, 0.717) is 53.0 Å². The third-order valence-electron chi connectivity index (χ3n) is 5.19. The maximum atomic E-state index is 12.9. The van der Waals surface area contributed by atoms with Crippen LogP contribution in [0.15, 0.2) is 36.4 Å². The molecule has 0 aliphatic carbocycles. The van der Waals surface area contributed by atoms with E-state index in [4.69, 9.17) is 32.7 Å². The van der Waals surface area contributed by atoms with Crippen molar-refractivity contribution in [1.29, 1.82) is 0 Å². The smallest absolute Gasteiger partial charge is 0.337 e. The lowest BCUT2D eigenvalue weighted by Crippen LogP contribution is -2.41. The van der Waals surface area contributed by atoms with Gasteiger partial charge in [-0.2, -0.15) is 0 Å². The molecule has 0 atom stereocenters. The van der Waals surface area contributed by atoms with E-state index in [-0.39, 0.29) is 23.3 Å². The highest BCUT2D eigenvalue weighted by Gasteiger charge is 2.29. The lowest BCUT2D eigenvalue weighted by molar-refractivity contribution is -0.121. The molecule has 0 radical (unpaired) electrons. The number of piperidine rings is 1. The predicted octanol–water partition coefficient (Wildman–Crippen LogP) is 4.28. The number of halogens is 2. The summed E-state index contributed by atoms with van der Waals surface area (Å²) < 4.78 is 9.97. The second-order valence-corrected chi connectivity index (χ2v) is 7.93. The van der Waals surface area contributed by atoms with Gasteiger partial charge in [0.2, 0.25) is 5.91 Å². The van der Waals surface area contributed by atoms with Gasteiger partial charge in [0, 0.05) is 24.0 Å². The number of hydrogen-bond donors (Lipinski definition) is 1. The van der Waals surface area contributed by atoms with Crippen LogP contribution in [-0.4, -0.2) is 50.0 Å². The zero-order valence-electron chi connectivity index (χ0n) is 17.1. The number of ether oxygens (including phenoxy) is 2. The van der Waals surface area contributed by atoms with Crippen LogP contribution < -0.4 is 10.1 Å². The van der Waals surface area contributed by atoms with Crippen molar-refractivity contribution in [2.75, 3.05) is 32.6 Å². The van der Waals surface area contributed by atoms with E-state index >= 15 is 0 Å². The summed E-state index contributed by atoms with van der Waals surface area (Å²) >= 11 is 12.2. The normalized spacial score (nSPS) is 14.1. The molecule has 7 nitrogen and oxygen atoms in total. The summed E-state index contributed by atoms with van der Waals surface area (Å²) in [4.78, 5) is 39.0. The molecule has 9 heteroatoms. The Morgan fingerprint density at radius 2 is 1.74 bits per heavy atom. The topological polar surface area (TPSA) is 84.9 Å². The van der Waals surface area contributed by atoms with Crippen LogP contribution in [0.4, 0.5) is 5.69 Å². The van der Waals surface area contributed by atoms with Crippen molar-refractivity contribution >= 4 is 46.7 Å². The molecule has 1 N–H and O–H groups in total. The van der Waals surface area contributed by atoms with Gasteiger partial charge in [0.25, 0.3) is 5.91 Å². The monoisotopic (exact) mass is 464 g/mol. The van der Waals surface area contributed by atoms with E-state index in [1.807, 2.05) is 0 Å². The van der Waals surface area contributed by atoms with Crippen LogP contribution in [-0.2, 0) is 9.53 Å². The number of carbonyl (C=O) groups excluding carboxylic acids is 3. The highest BCUT2D eigenvalue weighted by atomic mass is 35.5. The molecule has 31 heavy (non-hydrogen) atoms. The Morgan fingerprint density at radius 3 is 2.39 bits per heavy atom. The van der Waals surface area contributed by atoms with Gasteiger partial charge < -0.3 is 19.7 Å². The van der Waals surface area contributed by atoms with Gasteiger partial charge in [-0.05, 0) is 49.2 Å². The molecule has 1 heterocycles. The Labute approximate surface area is 190 Å². The Kier molecular flexibility index (Phi) is 7.41. The fourth-order valence-electron chi connectivity index (χ4n) is 3.46. The van der Waals surface area contributed by atoms with Crippen LogP contribution in [0.2, 0.25) is 10.0 Å². The molecule has 1 aliphatic heterocycles. The maximum absolute atomic E-state index is 12.9. The number of benzene rings is 2. The molecule has 0 bridgehead atoms. The number of rotatable bonds is 5. The van der Waals surface area contributed by atoms with E-state index < -0.39 is 5.97 Å². The van der Waals surface area contributed by atoms with Gasteiger partial charge in [-0.25, -0.2) is 4.79 Å². The fourth-order valence-corrected chi connectivity index (χ4v) is 3.80. The Morgan fingerprint density at radius 1 is 1.03 bits per heavy atom. The van der Waals surface area contributed by atoms with E-state index in [1.165, 1.54) is 32.4 Å². The molecule has 0 unspecified atom stereocenters. The van der Waals surface area contributed by atoms with Crippen LogP contribution in [0.5, 0.6) is 5.75 Å². The molecule has 164 valence electrons. The van der Waals surface area contributed by atoms with Crippen LogP contribution in [0.1, 0.15) is 33.6 Å². The number of nitrogens with one attached hydrogen (secondary N) is 1. The summed E-state index contributed by atoms with van der Waals surface area (Å²) in [6.07, 6.45) is 0.990. The number of amides is 2. The Bertz CT molecular complexity index is 1000. The van der Waals surface area contributed by atoms with Gasteiger partial charge in [-0.3, -0.25) is 9.59 Å². The summed E-state index contributed by atoms with van der Waals surface area (Å²) in [5.74, 6) is -0.753. The van der Waals surface area contributed by atoms with E-state index in [2.05, 4.69) is 5.32 Å². The quantitative estimate of drug-likeness (QED) is 0.667. The molecule has 1 fully saturated rings. The molecule has 0 saturated carbocycles. The predicted molar refractivity (Wildman–Crippen MR) is 118 cm³/mol. The lowest BCUT2D eigenvalue weighted by Gasteiger charge is -2.31. The largest absolute Gasteiger partial charge is 0.496 e. The van der Waals surface area contributed by atoms with Crippen molar-refractivity contribution in [3.8, 4) is 5.75 Å². The molecular weight excluding hydrogens is 443 g/mol. The standard InChI is InChI=1S/C22H22Cl2N2O5/c1-30-19-6-4-15(23)12-16(19)21(28)26-9-7-13(8-10-26)20(27)25-18-11-14(22(29)31-2)3-5-17(18)24/h3-6,11-13H,7-10H2,1-2H3,(H,25,27). The molecule has 1 aliphatic rings. The minimum Gasteiger partial charge on any atom is -0.496 e. The lowest BCUT2D eigenvalue weighted by atomic mass is 9.95. The van der Waals surface area contributed by atoms with Crippen molar-refractivity contribution in [3.05, 3.63) is 57.6 Å². The summed E-state index contributed by atoms with van der Waals surface area (Å²) in [6.45, 7) is 0.838. The van der Waals surface area contributed by atoms with Gasteiger partial charge >= 0.3 is 5.97 Å². The van der Waals surface area contributed by atoms with Crippen molar-refractivity contribution in [3.63, 3.8) is 0 Å². The first-order valence-electron chi connectivity index (χ1n) is 9.65. The maximum Gasteiger partial charge on any atom is 0.337 e. The van der Waals surface area contributed by atoms with E-state index in [0.717, 1.165) is 0 Å². The number of hydrogen-bond acceptors (Lipinski definition) is 5. The first-order valence-corrected chi connectivity index (χ1v) is 10.4. The minimum atomic E-state index is -0.518. The molecule has 2 aromatic carbocycles. The van der Waals surface area contributed by atoms with Gasteiger partial charge in [0.15, 0.2) is 0 Å². The number of esters is 1. The highest BCUT2D eigenvalue weighted by molar-refractivity contribution is 6.34. The van der Waals surface area contributed by atoms with Crippen molar-refractivity contribution in [2.24, 2.45) is 5.92 Å². The molecule has 0 spiro atoms. The van der Waals surface area contributed by atoms with Crippen LogP contribution in [0, 0.1) is 5.92 Å². The number of anilines is 1. The second-order valence-electron chi connectivity index (χ2n) is 7.09. The van der Waals surface area contributed by atoms with Crippen molar-refractivity contribution in [1.82, 2.24) is 4.90 Å². The molecule has 1 saturated heterocycles. The third kappa shape index (κ3) is 5.29. The van der Waals surface area contributed by atoms with Gasteiger partial charge in [0.05, 0.1) is 36.1 Å². The number of carbonyl (C=O) groups is 3. The van der Waals surface area contributed by atoms with Crippen molar-refractivity contribution in [2.45, 2.75) is 12.8 Å². The molecule has 2 aromatic rings. The average Bonchev–Trinajstić information content (AvgIpc) is 2.79. The van der Waals surface area contributed by atoms with Gasteiger partial charge in [0.1, 0.15) is 5.75 Å². The van der Waals surface area contributed by atoms with Crippen LogP contribution in [0.3, 0.4) is 0 Å².